The second-order valence-corrected chi connectivity index (χ2v) is 6.91. The third-order valence-electron chi connectivity index (χ3n) is 5.04. The molecule has 1 aliphatic heterocycles. The number of aromatic nitrogens is 4. The van der Waals surface area contributed by atoms with E-state index in [1.54, 1.807) is 37.2 Å². The molecule has 0 fully saturated rings. The highest BCUT2D eigenvalue weighted by Gasteiger charge is 2.27. The molecule has 4 aromatic rings. The second-order valence-electron chi connectivity index (χ2n) is 6.91. The lowest BCUT2D eigenvalue weighted by Crippen LogP contribution is -2.22. The van der Waals surface area contributed by atoms with Gasteiger partial charge in [0.1, 0.15) is 6.61 Å². The van der Waals surface area contributed by atoms with Gasteiger partial charge in [-0.2, -0.15) is 5.10 Å². The van der Waals surface area contributed by atoms with Crippen molar-refractivity contribution in [3.8, 4) is 23.1 Å². The van der Waals surface area contributed by atoms with Gasteiger partial charge in [0.25, 0.3) is 0 Å². The van der Waals surface area contributed by atoms with Crippen LogP contribution in [0.5, 0.6) is 23.1 Å². The first-order valence-corrected chi connectivity index (χ1v) is 9.52. The molecule has 1 aliphatic rings. The molecule has 1 aromatic carbocycles. The van der Waals surface area contributed by atoms with Gasteiger partial charge in [-0.1, -0.05) is 0 Å². The third kappa shape index (κ3) is 3.26. The molecule has 8 heteroatoms. The molecule has 0 N–H and O–H groups in total. The van der Waals surface area contributed by atoms with Crippen LogP contribution in [0, 0.1) is 0 Å². The lowest BCUT2D eigenvalue weighted by atomic mass is 10.1. The molecule has 0 saturated carbocycles. The SMILES string of the molecule is COc1ccc(C2COc3cc(Cc4cnn5cccnc45)cc(OC)c3O2)cn1. The summed E-state index contributed by atoms with van der Waals surface area (Å²) in [5.41, 5.74) is 3.79. The van der Waals surface area contributed by atoms with Crippen LogP contribution >= 0.6 is 0 Å². The van der Waals surface area contributed by atoms with E-state index in [4.69, 9.17) is 18.9 Å². The summed E-state index contributed by atoms with van der Waals surface area (Å²) in [6.07, 6.45) is 7.58. The molecule has 30 heavy (non-hydrogen) atoms. The molecular formula is C22H20N4O4. The van der Waals surface area contributed by atoms with Gasteiger partial charge in [0.05, 0.1) is 20.4 Å². The fraction of sp³-hybridized carbons (Fsp3) is 0.227. The highest BCUT2D eigenvalue weighted by Crippen LogP contribution is 2.44. The molecule has 0 spiro atoms. The zero-order valence-electron chi connectivity index (χ0n) is 16.6. The molecule has 3 aromatic heterocycles. The standard InChI is InChI=1S/C22H20N4O4/c1-27-17-9-14(8-16-12-25-26-7-3-6-23-22(16)26)10-18-21(17)30-19(13-29-18)15-4-5-20(28-2)24-11-15/h3-7,9-12,19H,8,13H2,1-2H3. The number of methoxy groups -OCH3 is 2. The van der Waals surface area contributed by atoms with Gasteiger partial charge in [-0.05, 0) is 29.8 Å². The minimum absolute atomic E-state index is 0.278. The summed E-state index contributed by atoms with van der Waals surface area (Å²) in [4.78, 5) is 8.67. The van der Waals surface area contributed by atoms with Crippen LogP contribution in [0.25, 0.3) is 5.65 Å². The number of ether oxygens (including phenoxy) is 4. The number of pyridine rings is 1. The number of rotatable bonds is 5. The Balaban J connectivity index is 1.43. The van der Waals surface area contributed by atoms with Crippen molar-refractivity contribution in [3.63, 3.8) is 0 Å². The summed E-state index contributed by atoms with van der Waals surface area (Å²) in [5, 5.41) is 4.35. The Bertz CT molecular complexity index is 1170. The number of benzene rings is 1. The van der Waals surface area contributed by atoms with Gasteiger partial charge in [0, 0.05) is 42.2 Å². The van der Waals surface area contributed by atoms with Gasteiger partial charge in [-0.15, -0.1) is 0 Å². The Morgan fingerprint density at radius 1 is 1.13 bits per heavy atom. The molecule has 0 amide bonds. The van der Waals surface area contributed by atoms with Crippen LogP contribution in [0.15, 0.2) is 55.1 Å². The van der Waals surface area contributed by atoms with Crippen molar-refractivity contribution in [3.05, 3.63) is 71.8 Å². The van der Waals surface area contributed by atoms with E-state index in [2.05, 4.69) is 15.1 Å². The summed E-state index contributed by atoms with van der Waals surface area (Å²) in [7, 11) is 3.21. The molecule has 152 valence electrons. The second kappa shape index (κ2) is 7.55. The summed E-state index contributed by atoms with van der Waals surface area (Å²) in [6.45, 7) is 0.381. The predicted octanol–water partition coefficient (Wildman–Crippen LogP) is 3.24. The van der Waals surface area contributed by atoms with Gasteiger partial charge in [-0.25, -0.2) is 14.5 Å². The van der Waals surface area contributed by atoms with Crippen LogP contribution in [-0.2, 0) is 6.42 Å². The van der Waals surface area contributed by atoms with Gasteiger partial charge in [0.2, 0.25) is 11.6 Å². The van der Waals surface area contributed by atoms with Crippen molar-refractivity contribution in [2.75, 3.05) is 20.8 Å². The first-order chi connectivity index (χ1) is 14.7. The van der Waals surface area contributed by atoms with E-state index in [0.717, 1.165) is 22.3 Å². The van der Waals surface area contributed by atoms with E-state index in [1.807, 2.05) is 36.7 Å². The van der Waals surface area contributed by atoms with Gasteiger partial charge < -0.3 is 18.9 Å². The Labute approximate surface area is 173 Å². The van der Waals surface area contributed by atoms with Gasteiger partial charge in [-0.3, -0.25) is 0 Å². The molecule has 5 rings (SSSR count). The average Bonchev–Trinajstić information content (AvgIpc) is 3.21. The lowest BCUT2D eigenvalue weighted by molar-refractivity contribution is 0.0867. The molecule has 1 unspecified atom stereocenters. The lowest BCUT2D eigenvalue weighted by Gasteiger charge is -2.28. The zero-order chi connectivity index (χ0) is 20.5. The number of fused-ring (bicyclic) bond motifs is 2. The molecule has 0 bridgehead atoms. The van der Waals surface area contributed by atoms with E-state index in [-0.39, 0.29) is 6.10 Å². The van der Waals surface area contributed by atoms with Crippen LogP contribution in [0.1, 0.15) is 22.8 Å². The molecule has 0 radical (unpaired) electrons. The monoisotopic (exact) mass is 404 g/mol. The predicted molar refractivity (Wildman–Crippen MR) is 108 cm³/mol. The highest BCUT2D eigenvalue weighted by molar-refractivity contribution is 5.57. The minimum atomic E-state index is -0.278. The van der Waals surface area contributed by atoms with E-state index in [9.17, 15) is 0 Å². The largest absolute Gasteiger partial charge is 0.493 e. The normalized spacial score (nSPS) is 15.2. The maximum atomic E-state index is 6.21. The molecule has 1 atom stereocenters. The van der Waals surface area contributed by atoms with E-state index in [0.29, 0.717) is 36.2 Å². The van der Waals surface area contributed by atoms with Crippen LogP contribution in [0.2, 0.25) is 0 Å². The average molecular weight is 404 g/mol. The summed E-state index contributed by atoms with van der Waals surface area (Å²) in [6, 6.07) is 9.52. The molecule has 0 saturated heterocycles. The Morgan fingerprint density at radius 3 is 2.87 bits per heavy atom. The first kappa shape index (κ1) is 18.2. The van der Waals surface area contributed by atoms with E-state index >= 15 is 0 Å². The fourth-order valence-electron chi connectivity index (χ4n) is 3.54. The number of hydrogen-bond acceptors (Lipinski definition) is 7. The Hall–Kier alpha value is -3.81. The Kier molecular flexibility index (Phi) is 4.59. The topological polar surface area (TPSA) is 80.0 Å². The Morgan fingerprint density at radius 2 is 2.07 bits per heavy atom. The maximum absolute atomic E-state index is 6.21. The van der Waals surface area contributed by atoms with Crippen molar-refractivity contribution in [1.29, 1.82) is 0 Å². The highest BCUT2D eigenvalue weighted by atomic mass is 16.6. The van der Waals surface area contributed by atoms with Crippen molar-refractivity contribution in [1.82, 2.24) is 19.6 Å². The van der Waals surface area contributed by atoms with Gasteiger partial charge >= 0.3 is 0 Å². The minimum Gasteiger partial charge on any atom is -0.493 e. The van der Waals surface area contributed by atoms with Crippen molar-refractivity contribution >= 4 is 5.65 Å². The van der Waals surface area contributed by atoms with E-state index < -0.39 is 0 Å². The molecule has 0 aliphatic carbocycles. The van der Waals surface area contributed by atoms with Crippen LogP contribution in [0.3, 0.4) is 0 Å². The summed E-state index contributed by atoms with van der Waals surface area (Å²) < 4.78 is 24.7. The molecule has 8 nitrogen and oxygen atoms in total. The summed E-state index contributed by atoms with van der Waals surface area (Å²) >= 11 is 0. The zero-order valence-corrected chi connectivity index (χ0v) is 16.6. The van der Waals surface area contributed by atoms with Crippen molar-refractivity contribution in [2.45, 2.75) is 12.5 Å². The van der Waals surface area contributed by atoms with Crippen LogP contribution < -0.4 is 18.9 Å². The van der Waals surface area contributed by atoms with E-state index in [1.165, 1.54) is 0 Å². The number of nitrogens with zero attached hydrogens (tertiary/aromatic N) is 4. The van der Waals surface area contributed by atoms with Crippen LogP contribution in [-0.4, -0.2) is 40.4 Å². The number of hydrogen-bond donors (Lipinski definition) is 0. The first-order valence-electron chi connectivity index (χ1n) is 9.52. The fourth-order valence-corrected chi connectivity index (χ4v) is 3.54. The maximum Gasteiger partial charge on any atom is 0.212 e. The summed E-state index contributed by atoms with van der Waals surface area (Å²) in [5.74, 6) is 2.43. The third-order valence-corrected chi connectivity index (χ3v) is 5.04. The molecular weight excluding hydrogens is 384 g/mol. The quantitative estimate of drug-likeness (QED) is 0.505. The molecule has 4 heterocycles. The smallest absolute Gasteiger partial charge is 0.212 e. The van der Waals surface area contributed by atoms with Gasteiger partial charge in [0.15, 0.2) is 23.3 Å². The van der Waals surface area contributed by atoms with Crippen molar-refractivity contribution < 1.29 is 18.9 Å². The van der Waals surface area contributed by atoms with Crippen LogP contribution in [0.4, 0.5) is 0 Å². The van der Waals surface area contributed by atoms with Crippen molar-refractivity contribution in [2.24, 2.45) is 0 Å².